The van der Waals surface area contributed by atoms with Gasteiger partial charge < -0.3 is 19.5 Å². The third-order valence-electron chi connectivity index (χ3n) is 3.72. The molecule has 11 heteroatoms. The summed E-state index contributed by atoms with van der Waals surface area (Å²) in [6, 6.07) is 0. The van der Waals surface area contributed by atoms with Gasteiger partial charge in [-0.2, -0.15) is 4.98 Å². The fourth-order valence-electron chi connectivity index (χ4n) is 2.61. The fraction of sp³-hybridized carbons (Fsp3) is 0.562. The SMILES string of the molecule is CC(=O)Nc1nc(=O)n([C@@H]2O[C@H](COC(C)=O)[C@H](Br)[C@H]2OC(C)=O)cc1C. The summed E-state index contributed by atoms with van der Waals surface area (Å²) in [4.78, 5) is 49.5. The van der Waals surface area contributed by atoms with Crippen LogP contribution in [0, 0.1) is 6.92 Å². The van der Waals surface area contributed by atoms with Crippen molar-refractivity contribution in [2.24, 2.45) is 0 Å². The molecule has 0 aromatic carbocycles. The van der Waals surface area contributed by atoms with Gasteiger partial charge in [0, 0.05) is 32.5 Å². The lowest BCUT2D eigenvalue weighted by Crippen LogP contribution is -2.37. The summed E-state index contributed by atoms with van der Waals surface area (Å²) >= 11 is 3.39. The third-order valence-corrected chi connectivity index (χ3v) is 4.83. The van der Waals surface area contributed by atoms with Gasteiger partial charge in [0.05, 0.1) is 4.83 Å². The summed E-state index contributed by atoms with van der Waals surface area (Å²) in [6.07, 6.45) is -1.03. The molecule has 1 amide bonds. The van der Waals surface area contributed by atoms with E-state index in [9.17, 15) is 19.2 Å². The fourth-order valence-corrected chi connectivity index (χ4v) is 3.26. The molecular weight excluding hydrogens is 426 g/mol. The maximum Gasteiger partial charge on any atom is 0.351 e. The molecule has 0 spiro atoms. The van der Waals surface area contributed by atoms with E-state index in [4.69, 9.17) is 14.2 Å². The molecule has 10 nitrogen and oxygen atoms in total. The standard InChI is InChI=1S/C16H20BrN3O7/c1-7-5-20(16(24)19-14(7)18-8(2)21)15-13(26-10(4)23)12(17)11(27-15)6-25-9(3)22/h5,11-13,15H,6H2,1-4H3,(H,18,19,21,24)/t11-,12+,13-,15-/m1/s1. The van der Waals surface area contributed by atoms with Crippen molar-refractivity contribution in [2.75, 3.05) is 11.9 Å². The van der Waals surface area contributed by atoms with Crippen molar-refractivity contribution < 1.29 is 28.6 Å². The summed E-state index contributed by atoms with van der Waals surface area (Å²) in [5.74, 6) is -1.27. The molecule has 0 bridgehead atoms. The van der Waals surface area contributed by atoms with E-state index >= 15 is 0 Å². The van der Waals surface area contributed by atoms with Gasteiger partial charge in [-0.15, -0.1) is 0 Å². The first-order valence-corrected chi connectivity index (χ1v) is 8.99. The number of alkyl halides is 1. The molecule has 2 heterocycles. The molecule has 1 aliphatic heterocycles. The van der Waals surface area contributed by atoms with E-state index in [1.54, 1.807) is 6.92 Å². The maximum absolute atomic E-state index is 12.5. The largest absolute Gasteiger partial charge is 0.463 e. The molecule has 1 fully saturated rings. The molecule has 2 rings (SSSR count). The van der Waals surface area contributed by atoms with Gasteiger partial charge in [-0.25, -0.2) is 4.79 Å². The summed E-state index contributed by atoms with van der Waals surface area (Å²) in [5, 5.41) is 2.47. The number of nitrogens with zero attached hydrogens (tertiary/aromatic N) is 2. The Kier molecular flexibility index (Phi) is 6.71. The molecule has 1 saturated heterocycles. The number of aromatic nitrogens is 2. The molecule has 0 saturated carbocycles. The summed E-state index contributed by atoms with van der Waals surface area (Å²) < 4.78 is 17.3. The number of hydrogen-bond acceptors (Lipinski definition) is 8. The van der Waals surface area contributed by atoms with E-state index in [-0.39, 0.29) is 18.3 Å². The van der Waals surface area contributed by atoms with Crippen LogP contribution in [0.3, 0.4) is 0 Å². The van der Waals surface area contributed by atoms with Crippen LogP contribution < -0.4 is 11.0 Å². The zero-order valence-corrected chi connectivity index (χ0v) is 16.8. The van der Waals surface area contributed by atoms with E-state index in [0.29, 0.717) is 5.56 Å². The topological polar surface area (TPSA) is 126 Å². The monoisotopic (exact) mass is 445 g/mol. The second kappa shape index (κ2) is 8.61. The normalized spacial score (nSPS) is 24.3. The summed E-state index contributed by atoms with van der Waals surface area (Å²) in [6.45, 7) is 5.38. The van der Waals surface area contributed by atoms with E-state index in [1.165, 1.54) is 31.5 Å². The molecule has 1 aliphatic rings. The van der Waals surface area contributed by atoms with Crippen molar-refractivity contribution in [1.29, 1.82) is 0 Å². The zero-order valence-electron chi connectivity index (χ0n) is 15.2. The summed E-state index contributed by atoms with van der Waals surface area (Å²) in [7, 11) is 0. The Balaban J connectivity index is 2.36. The van der Waals surface area contributed by atoms with Gasteiger partial charge >= 0.3 is 17.6 Å². The van der Waals surface area contributed by atoms with E-state index < -0.39 is 40.9 Å². The maximum atomic E-state index is 12.5. The minimum Gasteiger partial charge on any atom is -0.463 e. The highest BCUT2D eigenvalue weighted by atomic mass is 79.9. The number of halogens is 1. The molecule has 0 radical (unpaired) electrons. The van der Waals surface area contributed by atoms with Crippen LogP contribution in [0.2, 0.25) is 0 Å². The number of anilines is 1. The van der Waals surface area contributed by atoms with E-state index in [2.05, 4.69) is 26.2 Å². The number of ether oxygens (including phenoxy) is 3. The first kappa shape index (κ1) is 21.0. The van der Waals surface area contributed by atoms with Crippen LogP contribution in [-0.4, -0.2) is 51.0 Å². The first-order valence-electron chi connectivity index (χ1n) is 8.07. The Morgan fingerprint density at radius 2 is 1.96 bits per heavy atom. The van der Waals surface area contributed by atoms with Crippen molar-refractivity contribution >= 4 is 39.6 Å². The predicted molar refractivity (Wildman–Crippen MR) is 96.3 cm³/mol. The zero-order chi connectivity index (χ0) is 20.3. The predicted octanol–water partition coefficient (Wildman–Crippen LogP) is 0.666. The van der Waals surface area contributed by atoms with Crippen LogP contribution in [0.4, 0.5) is 5.82 Å². The van der Waals surface area contributed by atoms with E-state index in [1.807, 2.05) is 0 Å². The lowest BCUT2D eigenvalue weighted by molar-refractivity contribution is -0.153. The number of amides is 1. The Hall–Kier alpha value is -2.27. The second-order valence-corrected chi connectivity index (χ2v) is 7.09. The van der Waals surface area contributed by atoms with E-state index in [0.717, 1.165) is 0 Å². The van der Waals surface area contributed by atoms with Gasteiger partial charge in [0.1, 0.15) is 18.5 Å². The number of carbonyl (C=O) groups excluding carboxylic acids is 3. The van der Waals surface area contributed by atoms with Gasteiger partial charge in [0.15, 0.2) is 12.3 Å². The highest BCUT2D eigenvalue weighted by Crippen LogP contribution is 2.36. The highest BCUT2D eigenvalue weighted by molar-refractivity contribution is 9.09. The number of esters is 2. The van der Waals surface area contributed by atoms with Crippen LogP contribution >= 0.6 is 15.9 Å². The van der Waals surface area contributed by atoms with Crippen molar-refractivity contribution in [1.82, 2.24) is 9.55 Å². The number of rotatable bonds is 5. The molecule has 0 aliphatic carbocycles. The first-order chi connectivity index (χ1) is 12.6. The van der Waals surface area contributed by atoms with Crippen molar-refractivity contribution in [3.63, 3.8) is 0 Å². The van der Waals surface area contributed by atoms with Crippen molar-refractivity contribution in [3.05, 3.63) is 22.2 Å². The van der Waals surface area contributed by atoms with Gasteiger partial charge in [-0.1, -0.05) is 15.9 Å². The molecule has 148 valence electrons. The quantitative estimate of drug-likeness (QED) is 0.517. The van der Waals surface area contributed by atoms with Gasteiger partial charge in [0.25, 0.3) is 0 Å². The number of nitrogens with one attached hydrogen (secondary N) is 1. The van der Waals surface area contributed by atoms with Crippen LogP contribution in [0.15, 0.2) is 11.0 Å². The van der Waals surface area contributed by atoms with Gasteiger partial charge in [0.2, 0.25) is 5.91 Å². The number of aryl methyl sites for hydroxylation is 1. The van der Waals surface area contributed by atoms with Crippen LogP contribution in [0.25, 0.3) is 0 Å². The molecule has 1 N–H and O–H groups in total. The summed E-state index contributed by atoms with van der Waals surface area (Å²) in [5.41, 5.74) is -0.177. The minimum absolute atomic E-state index is 0.0787. The third kappa shape index (κ3) is 5.13. The average Bonchev–Trinajstić information content (AvgIpc) is 2.84. The minimum atomic E-state index is -0.982. The molecule has 27 heavy (non-hydrogen) atoms. The van der Waals surface area contributed by atoms with Crippen molar-refractivity contribution in [2.45, 2.75) is 51.0 Å². The van der Waals surface area contributed by atoms with Crippen LogP contribution in [0.5, 0.6) is 0 Å². The molecule has 4 atom stereocenters. The molecule has 1 aromatic rings. The number of hydrogen-bond donors (Lipinski definition) is 1. The van der Waals surface area contributed by atoms with Crippen molar-refractivity contribution in [3.8, 4) is 0 Å². The lowest BCUT2D eigenvalue weighted by Gasteiger charge is -2.22. The second-order valence-electron chi connectivity index (χ2n) is 6.03. The smallest absolute Gasteiger partial charge is 0.351 e. The Bertz CT molecular complexity index is 810. The lowest BCUT2D eigenvalue weighted by atomic mass is 10.2. The van der Waals surface area contributed by atoms with Crippen LogP contribution in [0.1, 0.15) is 32.6 Å². The number of carbonyl (C=O) groups is 3. The average molecular weight is 446 g/mol. The Labute approximate surface area is 163 Å². The molecule has 0 unspecified atom stereocenters. The molecule has 1 aromatic heterocycles. The van der Waals surface area contributed by atoms with Gasteiger partial charge in [-0.05, 0) is 6.92 Å². The Morgan fingerprint density at radius 3 is 2.52 bits per heavy atom. The Morgan fingerprint density at radius 1 is 1.30 bits per heavy atom. The highest BCUT2D eigenvalue weighted by Gasteiger charge is 2.47. The van der Waals surface area contributed by atoms with Gasteiger partial charge in [-0.3, -0.25) is 19.0 Å². The molecular formula is C16H20BrN3O7. The van der Waals surface area contributed by atoms with Crippen LogP contribution in [-0.2, 0) is 28.6 Å².